The topological polar surface area (TPSA) is 43.4 Å². The van der Waals surface area contributed by atoms with Crippen molar-refractivity contribution < 1.29 is 14.3 Å². The van der Waals surface area contributed by atoms with Crippen molar-refractivity contribution in [2.24, 2.45) is 0 Å². The van der Waals surface area contributed by atoms with Crippen LogP contribution in [0.3, 0.4) is 0 Å². The molecule has 0 bridgehead atoms. The van der Waals surface area contributed by atoms with E-state index in [0.29, 0.717) is 5.75 Å². The van der Waals surface area contributed by atoms with Crippen LogP contribution in [0.4, 0.5) is 0 Å². The summed E-state index contributed by atoms with van der Waals surface area (Å²) in [5.74, 6) is -0.176. The van der Waals surface area contributed by atoms with Gasteiger partial charge in [0.1, 0.15) is 17.2 Å². The van der Waals surface area contributed by atoms with Crippen LogP contribution in [0, 0.1) is 6.92 Å². The molecule has 0 amide bonds. The zero-order chi connectivity index (χ0) is 18.2. The number of ether oxygens (including phenoxy) is 1. The fraction of sp³-hybridized carbons (Fsp3) is 0.579. The number of benzene rings is 1. The molecule has 128 valence electrons. The molecule has 1 aromatic carbocycles. The number of ketones is 1. The Kier molecular flexibility index (Phi) is 5.80. The second kappa shape index (κ2) is 6.73. The molecular formula is C19H29O3P. The first-order valence-electron chi connectivity index (χ1n) is 7.88. The predicted molar refractivity (Wildman–Crippen MR) is 98.4 cm³/mol. The summed E-state index contributed by atoms with van der Waals surface area (Å²) in [5.41, 5.74) is 2.11. The summed E-state index contributed by atoms with van der Waals surface area (Å²) in [4.78, 5) is 23.6. The Morgan fingerprint density at radius 3 is 1.96 bits per heavy atom. The van der Waals surface area contributed by atoms with E-state index in [1.165, 1.54) is 12.5 Å². The monoisotopic (exact) mass is 336 g/mol. The highest BCUT2D eigenvalue weighted by Crippen LogP contribution is 2.38. The first-order chi connectivity index (χ1) is 10.2. The number of Topliss-reactive ketones (excluding diaryl/α,β-unsaturated/α-hetero) is 1. The predicted octanol–water partition coefficient (Wildman–Crippen LogP) is 4.33. The quantitative estimate of drug-likeness (QED) is 0.357. The lowest BCUT2D eigenvalue weighted by atomic mass is 9.79. The SMILES string of the molecule is CC(=O)C(P)C(=O)Oc1c(C)cc(C(C)(C)C)cc1C(C)(C)C. The lowest BCUT2D eigenvalue weighted by Crippen LogP contribution is -2.28. The van der Waals surface area contributed by atoms with E-state index in [9.17, 15) is 9.59 Å². The van der Waals surface area contributed by atoms with E-state index in [0.717, 1.165) is 11.1 Å². The molecule has 0 saturated carbocycles. The van der Waals surface area contributed by atoms with Crippen LogP contribution in [0.2, 0.25) is 0 Å². The maximum Gasteiger partial charge on any atom is 0.325 e. The van der Waals surface area contributed by atoms with Crippen LogP contribution in [-0.2, 0) is 20.4 Å². The summed E-state index contributed by atoms with van der Waals surface area (Å²) in [6.07, 6.45) is 0. The first kappa shape index (κ1) is 19.8. The highest BCUT2D eigenvalue weighted by atomic mass is 31.0. The molecule has 1 rings (SSSR count). The normalized spacial score (nSPS) is 13.6. The minimum absolute atomic E-state index is 0.00975. The van der Waals surface area contributed by atoms with Gasteiger partial charge in [0.25, 0.3) is 0 Å². The first-order valence-corrected chi connectivity index (χ1v) is 8.55. The fourth-order valence-electron chi connectivity index (χ4n) is 2.23. The van der Waals surface area contributed by atoms with Gasteiger partial charge in [-0.3, -0.25) is 9.59 Å². The summed E-state index contributed by atoms with van der Waals surface area (Å²) in [5, 5.41) is 0. The number of carbonyl (C=O) groups excluding carboxylic acids is 2. The van der Waals surface area contributed by atoms with Gasteiger partial charge >= 0.3 is 5.97 Å². The van der Waals surface area contributed by atoms with Gasteiger partial charge in [0.15, 0.2) is 0 Å². The van der Waals surface area contributed by atoms with Crippen LogP contribution in [-0.4, -0.2) is 17.4 Å². The van der Waals surface area contributed by atoms with Gasteiger partial charge in [0.05, 0.1) is 0 Å². The fourth-order valence-corrected chi connectivity index (χ4v) is 2.30. The molecule has 0 spiro atoms. The van der Waals surface area contributed by atoms with Crippen molar-refractivity contribution >= 4 is 21.0 Å². The zero-order valence-electron chi connectivity index (χ0n) is 15.5. The third-order valence-electron chi connectivity index (χ3n) is 3.84. The van der Waals surface area contributed by atoms with Crippen molar-refractivity contribution in [3.05, 3.63) is 28.8 Å². The van der Waals surface area contributed by atoms with Crippen LogP contribution < -0.4 is 4.74 Å². The minimum Gasteiger partial charge on any atom is -0.425 e. The molecule has 0 aliphatic heterocycles. The van der Waals surface area contributed by atoms with Gasteiger partial charge in [-0.15, -0.1) is 9.24 Å². The third-order valence-corrected chi connectivity index (χ3v) is 4.58. The van der Waals surface area contributed by atoms with Gasteiger partial charge in [-0.1, -0.05) is 53.7 Å². The van der Waals surface area contributed by atoms with Crippen LogP contribution in [0.15, 0.2) is 12.1 Å². The molecule has 0 aromatic heterocycles. The van der Waals surface area contributed by atoms with Crippen molar-refractivity contribution in [1.29, 1.82) is 0 Å². The minimum atomic E-state index is -0.829. The molecule has 4 heteroatoms. The van der Waals surface area contributed by atoms with Crippen molar-refractivity contribution in [3.63, 3.8) is 0 Å². The Balaban J connectivity index is 3.42. The summed E-state index contributed by atoms with van der Waals surface area (Å²) < 4.78 is 5.61. The molecule has 0 N–H and O–H groups in total. The van der Waals surface area contributed by atoms with E-state index < -0.39 is 11.6 Å². The van der Waals surface area contributed by atoms with Gasteiger partial charge in [0, 0.05) is 5.56 Å². The molecule has 2 unspecified atom stereocenters. The number of hydrogen-bond acceptors (Lipinski definition) is 3. The van der Waals surface area contributed by atoms with Gasteiger partial charge in [-0.2, -0.15) is 0 Å². The standard InChI is InChI=1S/C19H29O3P/c1-11-9-13(18(3,4)5)10-14(19(6,7)8)15(11)22-17(21)16(23)12(2)20/h9-10,16H,23H2,1-8H3. The largest absolute Gasteiger partial charge is 0.425 e. The summed E-state index contributed by atoms with van der Waals surface area (Å²) >= 11 is 0. The van der Waals surface area contributed by atoms with Gasteiger partial charge in [-0.25, -0.2) is 0 Å². The average molecular weight is 336 g/mol. The Morgan fingerprint density at radius 1 is 1.04 bits per heavy atom. The Bertz CT molecular complexity index is 619. The Hall–Kier alpha value is -1.21. The van der Waals surface area contributed by atoms with Gasteiger partial charge in [-0.05, 0) is 35.8 Å². The Morgan fingerprint density at radius 2 is 1.57 bits per heavy atom. The molecule has 0 aliphatic rings. The van der Waals surface area contributed by atoms with Crippen molar-refractivity contribution in [3.8, 4) is 5.75 Å². The molecule has 3 nitrogen and oxygen atoms in total. The zero-order valence-corrected chi connectivity index (χ0v) is 16.7. The van der Waals surface area contributed by atoms with E-state index in [1.807, 2.05) is 6.92 Å². The van der Waals surface area contributed by atoms with E-state index in [2.05, 4.69) is 62.9 Å². The summed E-state index contributed by atoms with van der Waals surface area (Å²) in [6.45, 7) is 16.1. The lowest BCUT2D eigenvalue weighted by molar-refractivity contribution is -0.136. The van der Waals surface area contributed by atoms with Gasteiger partial charge in [0.2, 0.25) is 0 Å². The molecule has 1 aromatic rings. The number of rotatable bonds is 3. The van der Waals surface area contributed by atoms with E-state index in [1.54, 1.807) is 0 Å². The average Bonchev–Trinajstić information content (AvgIpc) is 2.36. The second-order valence-electron chi connectivity index (χ2n) is 8.18. The second-order valence-corrected chi connectivity index (χ2v) is 8.85. The molecule has 0 fully saturated rings. The number of aryl methyl sites for hydroxylation is 1. The highest BCUT2D eigenvalue weighted by Gasteiger charge is 2.28. The van der Waals surface area contributed by atoms with Crippen molar-refractivity contribution in [2.75, 3.05) is 0 Å². The van der Waals surface area contributed by atoms with Crippen molar-refractivity contribution in [2.45, 2.75) is 71.9 Å². The Labute approximate surface area is 142 Å². The van der Waals surface area contributed by atoms with Crippen LogP contribution in [0.25, 0.3) is 0 Å². The van der Waals surface area contributed by atoms with E-state index in [-0.39, 0.29) is 16.6 Å². The van der Waals surface area contributed by atoms with E-state index in [4.69, 9.17) is 4.74 Å². The van der Waals surface area contributed by atoms with E-state index >= 15 is 0 Å². The molecule has 0 radical (unpaired) electrons. The molecule has 23 heavy (non-hydrogen) atoms. The molecular weight excluding hydrogens is 307 g/mol. The maximum atomic E-state index is 12.2. The smallest absolute Gasteiger partial charge is 0.325 e. The van der Waals surface area contributed by atoms with Crippen molar-refractivity contribution in [1.82, 2.24) is 0 Å². The lowest BCUT2D eigenvalue weighted by Gasteiger charge is -2.28. The highest BCUT2D eigenvalue weighted by molar-refractivity contribution is 7.21. The van der Waals surface area contributed by atoms with Crippen LogP contribution in [0.1, 0.15) is 65.2 Å². The number of hydrogen-bond donors (Lipinski definition) is 0. The molecule has 2 atom stereocenters. The van der Waals surface area contributed by atoms with Gasteiger partial charge < -0.3 is 4.74 Å². The molecule has 0 heterocycles. The maximum absolute atomic E-state index is 12.2. The summed E-state index contributed by atoms with van der Waals surface area (Å²) in [6, 6.07) is 4.17. The molecule has 0 aliphatic carbocycles. The number of esters is 1. The third kappa shape index (κ3) is 4.88. The summed E-state index contributed by atoms with van der Waals surface area (Å²) in [7, 11) is 2.25. The number of carbonyl (C=O) groups is 2. The molecule has 0 saturated heterocycles. The van der Waals surface area contributed by atoms with Crippen LogP contribution >= 0.6 is 9.24 Å². The van der Waals surface area contributed by atoms with Crippen LogP contribution in [0.5, 0.6) is 5.75 Å².